The number of ether oxygens (including phenoxy) is 1. The van der Waals surface area contributed by atoms with Gasteiger partial charge in [-0.05, 0) is 18.6 Å². The highest BCUT2D eigenvalue weighted by atomic mass is 16.5. The first-order valence-electron chi connectivity index (χ1n) is 7.08. The van der Waals surface area contributed by atoms with E-state index < -0.39 is 0 Å². The van der Waals surface area contributed by atoms with E-state index in [0.717, 1.165) is 22.7 Å². The third-order valence-corrected chi connectivity index (χ3v) is 3.19. The molecule has 1 aromatic carbocycles. The molecule has 3 nitrogen and oxygen atoms in total. The summed E-state index contributed by atoms with van der Waals surface area (Å²) < 4.78 is 5.47. The van der Waals surface area contributed by atoms with Crippen LogP contribution in [0.4, 0.5) is 0 Å². The number of hydrogen-bond donors (Lipinski definition) is 0. The lowest BCUT2D eigenvalue weighted by Crippen LogP contribution is -2.17. The summed E-state index contributed by atoms with van der Waals surface area (Å²) in [5.74, 6) is 1.49. The van der Waals surface area contributed by atoms with Crippen molar-refractivity contribution in [2.45, 2.75) is 33.1 Å². The highest BCUT2D eigenvalue weighted by molar-refractivity contribution is 5.66. The Balaban J connectivity index is 2.42. The van der Waals surface area contributed by atoms with Gasteiger partial charge in [-0.2, -0.15) is 0 Å². The van der Waals surface area contributed by atoms with Crippen LogP contribution in [0.25, 0.3) is 12.2 Å². The van der Waals surface area contributed by atoms with E-state index in [4.69, 9.17) is 4.74 Å². The van der Waals surface area contributed by atoms with E-state index in [2.05, 4.69) is 42.9 Å². The highest BCUT2D eigenvalue weighted by Crippen LogP contribution is 2.31. The zero-order valence-electron chi connectivity index (χ0n) is 13.3. The molecule has 3 heteroatoms. The van der Waals surface area contributed by atoms with E-state index in [9.17, 15) is 0 Å². The fraction of sp³-hybridized carbons (Fsp3) is 0.333. The van der Waals surface area contributed by atoms with Crippen molar-refractivity contribution in [2.75, 3.05) is 7.11 Å². The number of hydrogen-bond acceptors (Lipinski definition) is 3. The Kier molecular flexibility index (Phi) is 4.41. The quantitative estimate of drug-likeness (QED) is 0.843. The number of methoxy groups -OCH3 is 1. The van der Waals surface area contributed by atoms with Crippen molar-refractivity contribution in [2.24, 2.45) is 0 Å². The van der Waals surface area contributed by atoms with Crippen molar-refractivity contribution >= 4 is 12.2 Å². The SMILES string of the molecule is COc1c(C)nc(/C=C/c2ccccc2)nc1C(C)(C)C. The molecule has 0 aliphatic rings. The largest absolute Gasteiger partial charge is 0.493 e. The lowest BCUT2D eigenvalue weighted by molar-refractivity contribution is 0.385. The lowest BCUT2D eigenvalue weighted by Gasteiger charge is -2.21. The molecule has 1 aromatic heterocycles. The number of nitrogens with zero attached hydrogens (tertiary/aromatic N) is 2. The van der Waals surface area contributed by atoms with Crippen LogP contribution in [0.1, 0.15) is 43.5 Å². The summed E-state index contributed by atoms with van der Waals surface area (Å²) in [6.45, 7) is 8.33. The molecule has 2 aromatic rings. The van der Waals surface area contributed by atoms with Crippen molar-refractivity contribution in [1.82, 2.24) is 9.97 Å². The van der Waals surface area contributed by atoms with E-state index in [-0.39, 0.29) is 5.41 Å². The van der Waals surface area contributed by atoms with E-state index in [1.165, 1.54) is 0 Å². The maximum atomic E-state index is 5.47. The summed E-state index contributed by atoms with van der Waals surface area (Å²) >= 11 is 0. The molecule has 0 fully saturated rings. The normalized spacial score (nSPS) is 11.9. The Hall–Kier alpha value is -2.16. The molecular weight excluding hydrogens is 260 g/mol. The van der Waals surface area contributed by atoms with Crippen LogP contribution in [0.15, 0.2) is 30.3 Å². The lowest BCUT2D eigenvalue weighted by atomic mass is 9.90. The topological polar surface area (TPSA) is 35.0 Å². The van der Waals surface area contributed by atoms with Gasteiger partial charge in [0.05, 0.1) is 18.5 Å². The molecule has 0 spiro atoms. The van der Waals surface area contributed by atoms with Gasteiger partial charge in [-0.1, -0.05) is 57.2 Å². The maximum absolute atomic E-state index is 5.47. The van der Waals surface area contributed by atoms with Gasteiger partial charge in [-0.15, -0.1) is 0 Å². The van der Waals surface area contributed by atoms with Gasteiger partial charge in [0.25, 0.3) is 0 Å². The molecule has 0 saturated heterocycles. The Morgan fingerprint density at radius 3 is 2.24 bits per heavy atom. The first-order valence-corrected chi connectivity index (χ1v) is 7.08. The molecule has 0 atom stereocenters. The van der Waals surface area contributed by atoms with E-state index in [1.807, 2.05) is 37.3 Å². The zero-order valence-corrected chi connectivity index (χ0v) is 13.3. The highest BCUT2D eigenvalue weighted by Gasteiger charge is 2.23. The average Bonchev–Trinajstić information content (AvgIpc) is 2.44. The Morgan fingerprint density at radius 2 is 1.67 bits per heavy atom. The van der Waals surface area contributed by atoms with Crippen LogP contribution in [0.3, 0.4) is 0 Å². The first-order chi connectivity index (χ1) is 9.91. The average molecular weight is 282 g/mol. The van der Waals surface area contributed by atoms with Crippen LogP contribution in [-0.4, -0.2) is 17.1 Å². The molecule has 0 saturated carbocycles. The number of benzene rings is 1. The first kappa shape index (κ1) is 15.2. The third-order valence-electron chi connectivity index (χ3n) is 3.19. The minimum atomic E-state index is -0.0889. The summed E-state index contributed by atoms with van der Waals surface area (Å²) in [5, 5.41) is 0. The van der Waals surface area contributed by atoms with Crippen LogP contribution in [0.5, 0.6) is 5.75 Å². The minimum absolute atomic E-state index is 0.0889. The van der Waals surface area contributed by atoms with Crippen LogP contribution in [0.2, 0.25) is 0 Å². The molecule has 0 radical (unpaired) electrons. The maximum Gasteiger partial charge on any atom is 0.162 e. The Labute approximate surface area is 126 Å². The van der Waals surface area contributed by atoms with Gasteiger partial charge < -0.3 is 4.74 Å². The van der Waals surface area contributed by atoms with Crippen molar-refractivity contribution in [3.8, 4) is 5.75 Å². The van der Waals surface area contributed by atoms with E-state index in [1.54, 1.807) is 7.11 Å². The summed E-state index contributed by atoms with van der Waals surface area (Å²) in [4.78, 5) is 9.18. The van der Waals surface area contributed by atoms with Gasteiger partial charge in [-0.3, -0.25) is 0 Å². The van der Waals surface area contributed by atoms with Crippen molar-refractivity contribution in [3.05, 3.63) is 53.1 Å². The molecule has 1 heterocycles. The smallest absolute Gasteiger partial charge is 0.162 e. The summed E-state index contributed by atoms with van der Waals surface area (Å²) in [7, 11) is 1.67. The molecule has 110 valence electrons. The summed E-state index contributed by atoms with van der Waals surface area (Å²) in [6.07, 6.45) is 3.96. The van der Waals surface area contributed by atoms with Crippen molar-refractivity contribution in [3.63, 3.8) is 0 Å². The van der Waals surface area contributed by atoms with Crippen LogP contribution < -0.4 is 4.74 Å². The van der Waals surface area contributed by atoms with Gasteiger partial charge in [0, 0.05) is 5.41 Å². The number of aryl methyl sites for hydroxylation is 1. The van der Waals surface area contributed by atoms with Crippen molar-refractivity contribution < 1.29 is 4.74 Å². The molecule has 0 amide bonds. The molecule has 21 heavy (non-hydrogen) atoms. The third kappa shape index (κ3) is 3.69. The van der Waals surface area contributed by atoms with Gasteiger partial charge in [0.15, 0.2) is 11.6 Å². The van der Waals surface area contributed by atoms with Gasteiger partial charge in [-0.25, -0.2) is 9.97 Å². The Morgan fingerprint density at radius 1 is 1.00 bits per heavy atom. The molecule has 2 rings (SSSR count). The van der Waals surface area contributed by atoms with Crippen LogP contribution in [0, 0.1) is 6.92 Å². The van der Waals surface area contributed by atoms with Crippen LogP contribution in [-0.2, 0) is 5.41 Å². The molecule has 0 aliphatic carbocycles. The van der Waals surface area contributed by atoms with Gasteiger partial charge in [0.2, 0.25) is 0 Å². The Bertz CT molecular complexity index is 640. The predicted octanol–water partition coefficient (Wildman–Crippen LogP) is 4.26. The molecular formula is C18H22N2O. The van der Waals surface area contributed by atoms with Crippen LogP contribution >= 0.6 is 0 Å². The summed E-state index contributed by atoms with van der Waals surface area (Å²) in [5.41, 5.74) is 2.84. The number of rotatable bonds is 3. The van der Waals surface area contributed by atoms with Gasteiger partial charge in [0.1, 0.15) is 0 Å². The van der Waals surface area contributed by atoms with Gasteiger partial charge >= 0.3 is 0 Å². The molecule has 0 aliphatic heterocycles. The molecule has 0 N–H and O–H groups in total. The monoisotopic (exact) mass is 282 g/mol. The zero-order chi connectivity index (χ0) is 15.5. The second-order valence-electron chi connectivity index (χ2n) is 6.04. The second kappa shape index (κ2) is 6.08. The predicted molar refractivity (Wildman–Crippen MR) is 87.4 cm³/mol. The fourth-order valence-corrected chi connectivity index (χ4v) is 2.15. The molecule has 0 unspecified atom stereocenters. The van der Waals surface area contributed by atoms with Crippen molar-refractivity contribution in [1.29, 1.82) is 0 Å². The summed E-state index contributed by atoms with van der Waals surface area (Å²) in [6, 6.07) is 10.1. The fourth-order valence-electron chi connectivity index (χ4n) is 2.15. The number of aromatic nitrogens is 2. The van der Waals surface area contributed by atoms with E-state index >= 15 is 0 Å². The minimum Gasteiger partial charge on any atom is -0.493 e. The second-order valence-corrected chi connectivity index (χ2v) is 6.04. The van der Waals surface area contributed by atoms with E-state index in [0.29, 0.717) is 5.82 Å². The molecule has 0 bridgehead atoms. The standard InChI is InChI=1S/C18H22N2O/c1-13-16(21-5)17(18(2,3)4)20-15(19-13)12-11-14-9-7-6-8-10-14/h6-12H,1-5H3/b12-11+.